The largest absolute Gasteiger partial charge is 0.459 e. The van der Waals surface area contributed by atoms with Crippen LogP contribution >= 0.6 is 22.6 Å². The zero-order valence-corrected chi connectivity index (χ0v) is 18.4. The lowest BCUT2D eigenvalue weighted by Gasteiger charge is -2.26. The molecule has 0 fully saturated rings. The lowest BCUT2D eigenvalue weighted by Crippen LogP contribution is -2.45. The monoisotopic (exact) mass is 563 g/mol. The molecule has 0 aliphatic carbocycles. The molecule has 1 aromatic carbocycles. The summed E-state index contributed by atoms with van der Waals surface area (Å²) in [5.74, 6) is -5.24. The number of sulfone groups is 1. The quantitative estimate of drug-likeness (QED) is 0.299. The molecule has 1 aliphatic heterocycles. The SMILES string of the molecule is CCS(=O)(=O)c1cc(N)c(I)cc1-c1nc2c(n1C)NNC(C(F)(F)C(F)(F)F)=C2. The summed E-state index contributed by atoms with van der Waals surface area (Å²) in [5.41, 5.74) is 8.68. The summed E-state index contributed by atoms with van der Waals surface area (Å²) >= 11 is 1.89. The van der Waals surface area contributed by atoms with Gasteiger partial charge in [0.2, 0.25) is 0 Å². The number of halogens is 6. The van der Waals surface area contributed by atoms with E-state index in [-0.39, 0.29) is 39.2 Å². The van der Waals surface area contributed by atoms with E-state index in [1.54, 1.807) is 0 Å². The van der Waals surface area contributed by atoms with E-state index in [0.717, 1.165) is 0 Å². The van der Waals surface area contributed by atoms with Gasteiger partial charge in [0.05, 0.1) is 10.6 Å². The number of hydrogen-bond donors (Lipinski definition) is 3. The second kappa shape index (κ2) is 7.25. The van der Waals surface area contributed by atoms with Crippen LogP contribution in [0.1, 0.15) is 12.6 Å². The van der Waals surface area contributed by atoms with E-state index in [9.17, 15) is 30.4 Å². The van der Waals surface area contributed by atoms with Gasteiger partial charge in [-0.1, -0.05) is 6.92 Å². The van der Waals surface area contributed by atoms with Crippen LogP contribution < -0.4 is 16.6 Å². The van der Waals surface area contributed by atoms with Gasteiger partial charge in [-0.15, -0.1) is 0 Å². The molecular weight excluding hydrogens is 548 g/mol. The minimum Gasteiger partial charge on any atom is -0.398 e. The Kier molecular flexibility index (Phi) is 5.46. The summed E-state index contributed by atoms with van der Waals surface area (Å²) < 4.78 is 92.4. The zero-order valence-electron chi connectivity index (χ0n) is 15.4. The van der Waals surface area contributed by atoms with Crippen LogP contribution in [0.25, 0.3) is 17.5 Å². The number of fused-ring (bicyclic) bond motifs is 1. The predicted molar refractivity (Wildman–Crippen MR) is 109 cm³/mol. The first kappa shape index (κ1) is 22.6. The van der Waals surface area contributed by atoms with Gasteiger partial charge >= 0.3 is 12.1 Å². The topological polar surface area (TPSA) is 102 Å². The lowest BCUT2D eigenvalue weighted by atomic mass is 10.2. The second-order valence-electron chi connectivity index (χ2n) is 6.38. The Balaban J connectivity index is 2.22. The van der Waals surface area contributed by atoms with Crippen molar-refractivity contribution >= 4 is 50.0 Å². The summed E-state index contributed by atoms with van der Waals surface area (Å²) in [5, 5.41) is 0. The predicted octanol–water partition coefficient (Wildman–Crippen LogP) is 3.54. The average Bonchev–Trinajstić information content (AvgIpc) is 2.98. The lowest BCUT2D eigenvalue weighted by molar-refractivity contribution is -0.265. The fourth-order valence-electron chi connectivity index (χ4n) is 2.79. The number of benzene rings is 1. The van der Waals surface area contributed by atoms with Crippen molar-refractivity contribution in [2.45, 2.75) is 23.9 Å². The molecule has 2 aromatic rings. The average molecular weight is 563 g/mol. The van der Waals surface area contributed by atoms with Crippen molar-refractivity contribution in [3.63, 3.8) is 0 Å². The van der Waals surface area contributed by atoms with E-state index in [2.05, 4.69) is 10.4 Å². The van der Waals surface area contributed by atoms with Crippen LogP contribution in [-0.2, 0) is 16.9 Å². The molecule has 3 rings (SSSR count). The van der Waals surface area contributed by atoms with E-state index in [4.69, 9.17) is 5.73 Å². The van der Waals surface area contributed by atoms with Gasteiger partial charge in [-0.25, -0.2) is 13.4 Å². The highest BCUT2D eigenvalue weighted by Gasteiger charge is 2.61. The molecule has 0 saturated carbocycles. The fraction of sp³-hybridized carbons (Fsp3) is 0.312. The number of nitrogens with one attached hydrogen (secondary N) is 2. The Labute approximate surface area is 181 Å². The van der Waals surface area contributed by atoms with Gasteiger partial charge in [-0.05, 0) is 40.8 Å². The number of nitrogen functional groups attached to an aromatic ring is 1. The summed E-state index contributed by atoms with van der Waals surface area (Å²) in [6.45, 7) is 1.44. The summed E-state index contributed by atoms with van der Waals surface area (Å²) in [6, 6.07) is 2.74. The van der Waals surface area contributed by atoms with Crippen molar-refractivity contribution in [2.24, 2.45) is 7.05 Å². The van der Waals surface area contributed by atoms with Crippen LogP contribution in [0.15, 0.2) is 22.7 Å². The van der Waals surface area contributed by atoms with Gasteiger partial charge in [-0.2, -0.15) is 22.0 Å². The molecule has 4 N–H and O–H groups in total. The molecule has 30 heavy (non-hydrogen) atoms. The summed E-state index contributed by atoms with van der Waals surface area (Å²) in [6.07, 6.45) is -5.24. The summed E-state index contributed by atoms with van der Waals surface area (Å²) in [7, 11) is -2.28. The van der Waals surface area contributed by atoms with Crippen molar-refractivity contribution < 1.29 is 30.4 Å². The van der Waals surface area contributed by atoms with Gasteiger partial charge in [0, 0.05) is 21.9 Å². The van der Waals surface area contributed by atoms with Crippen molar-refractivity contribution in [3.8, 4) is 11.4 Å². The molecule has 1 aromatic heterocycles. The third kappa shape index (κ3) is 3.59. The minimum atomic E-state index is -5.81. The molecule has 0 radical (unpaired) electrons. The Morgan fingerprint density at radius 3 is 2.40 bits per heavy atom. The Morgan fingerprint density at radius 2 is 1.83 bits per heavy atom. The van der Waals surface area contributed by atoms with Gasteiger partial charge in [0.1, 0.15) is 17.2 Å². The highest BCUT2D eigenvalue weighted by Crippen LogP contribution is 2.43. The van der Waals surface area contributed by atoms with Crippen LogP contribution in [0.2, 0.25) is 0 Å². The molecule has 0 spiro atoms. The normalized spacial score (nSPS) is 14.6. The van der Waals surface area contributed by atoms with Crippen LogP contribution in [0.4, 0.5) is 33.5 Å². The van der Waals surface area contributed by atoms with Gasteiger partial charge in [0.25, 0.3) is 0 Å². The number of allylic oxidation sites excluding steroid dienone is 1. The fourth-order valence-corrected chi connectivity index (χ4v) is 4.36. The van der Waals surface area contributed by atoms with Crippen LogP contribution in [-0.4, -0.2) is 35.8 Å². The number of hydrazine groups is 1. The van der Waals surface area contributed by atoms with Crippen molar-refractivity contribution in [3.05, 3.63) is 27.1 Å². The number of anilines is 2. The van der Waals surface area contributed by atoms with Gasteiger partial charge in [-0.3, -0.25) is 10.9 Å². The highest BCUT2D eigenvalue weighted by molar-refractivity contribution is 14.1. The molecule has 14 heteroatoms. The van der Waals surface area contributed by atoms with Gasteiger partial charge < -0.3 is 10.3 Å². The maximum Gasteiger partial charge on any atom is 0.459 e. The van der Waals surface area contributed by atoms with E-state index < -0.39 is 27.6 Å². The number of imidazole rings is 1. The Bertz CT molecular complexity index is 1160. The molecular formula is C16H15F5IN5O2S. The Hall–Kier alpha value is -2.10. The third-order valence-electron chi connectivity index (χ3n) is 4.47. The first-order valence-corrected chi connectivity index (χ1v) is 11.0. The van der Waals surface area contributed by atoms with Crippen LogP contribution in [0.5, 0.6) is 0 Å². The summed E-state index contributed by atoms with van der Waals surface area (Å²) in [4.78, 5) is 4.00. The molecule has 7 nitrogen and oxygen atoms in total. The third-order valence-corrected chi connectivity index (χ3v) is 7.17. The molecule has 0 saturated heterocycles. The molecule has 0 amide bonds. The molecule has 164 valence electrons. The molecule has 0 atom stereocenters. The van der Waals surface area contributed by atoms with Crippen molar-refractivity contribution in [2.75, 3.05) is 16.9 Å². The zero-order chi connectivity index (χ0) is 22.6. The smallest absolute Gasteiger partial charge is 0.398 e. The molecule has 2 heterocycles. The second-order valence-corrected chi connectivity index (χ2v) is 9.79. The maximum atomic E-state index is 13.7. The highest BCUT2D eigenvalue weighted by atomic mass is 127. The molecule has 0 unspecified atom stereocenters. The van der Waals surface area contributed by atoms with Crippen LogP contribution in [0, 0.1) is 3.57 Å². The number of nitrogens with zero attached hydrogens (tertiary/aromatic N) is 2. The standard InChI is InChI=1S/C16H15F5IN5O2S/c1-3-30(28,29)11-5-9(23)8(22)4-7(11)13-24-10-6-12(15(17,18)16(19,20)21)25-26-14(10)27(13)2/h4-6,25-26H,3,23H2,1-2H3. The van der Waals surface area contributed by atoms with Crippen molar-refractivity contribution in [1.82, 2.24) is 15.0 Å². The minimum absolute atomic E-state index is 0.0482. The van der Waals surface area contributed by atoms with Crippen LogP contribution in [0.3, 0.4) is 0 Å². The number of aromatic nitrogens is 2. The number of nitrogens with two attached hydrogens (primary N) is 1. The Morgan fingerprint density at radius 1 is 1.20 bits per heavy atom. The van der Waals surface area contributed by atoms with E-state index in [1.165, 1.54) is 30.7 Å². The number of alkyl halides is 5. The number of hydrogen-bond acceptors (Lipinski definition) is 6. The van der Waals surface area contributed by atoms with E-state index in [0.29, 0.717) is 9.65 Å². The van der Waals surface area contributed by atoms with Gasteiger partial charge in [0.15, 0.2) is 15.7 Å². The van der Waals surface area contributed by atoms with E-state index >= 15 is 0 Å². The maximum absolute atomic E-state index is 13.7. The van der Waals surface area contributed by atoms with E-state index in [1.807, 2.05) is 28.0 Å². The molecule has 1 aliphatic rings. The first-order chi connectivity index (χ1) is 13.7. The van der Waals surface area contributed by atoms with Crippen molar-refractivity contribution in [1.29, 1.82) is 0 Å². The number of rotatable bonds is 4. The first-order valence-electron chi connectivity index (χ1n) is 8.28. The molecule has 0 bridgehead atoms.